The number of rotatable bonds is 7. The largest absolute Gasteiger partial charge is 0.396 e. The van der Waals surface area contributed by atoms with Crippen molar-refractivity contribution in [2.24, 2.45) is 11.7 Å². The fraction of sp³-hybridized carbons (Fsp3) is 1.00. The molecule has 1 fully saturated rings. The van der Waals surface area contributed by atoms with E-state index in [-0.39, 0.29) is 24.1 Å². The molecule has 4 nitrogen and oxygen atoms in total. The fourth-order valence-corrected chi connectivity index (χ4v) is 2.29. The zero-order valence-electron chi connectivity index (χ0n) is 10.7. The van der Waals surface area contributed by atoms with E-state index in [9.17, 15) is 0 Å². The van der Waals surface area contributed by atoms with Gasteiger partial charge in [-0.3, -0.25) is 0 Å². The van der Waals surface area contributed by atoms with Gasteiger partial charge >= 0.3 is 0 Å². The number of aliphatic hydroxyl groups excluding tert-OH is 1. The molecule has 0 aromatic carbocycles. The van der Waals surface area contributed by atoms with Gasteiger partial charge in [-0.2, -0.15) is 0 Å². The van der Waals surface area contributed by atoms with Gasteiger partial charge in [0.25, 0.3) is 0 Å². The third-order valence-electron chi connectivity index (χ3n) is 3.71. The van der Waals surface area contributed by atoms with Crippen LogP contribution in [0.4, 0.5) is 0 Å². The summed E-state index contributed by atoms with van der Waals surface area (Å²) in [5, 5.41) is 12.7. The first-order chi connectivity index (χ1) is 7.56. The lowest BCUT2D eigenvalue weighted by molar-refractivity contribution is -0.0533. The van der Waals surface area contributed by atoms with Crippen molar-refractivity contribution in [1.82, 2.24) is 5.32 Å². The molecule has 0 spiro atoms. The number of nitrogens with two attached hydrogens (primary N) is 1. The van der Waals surface area contributed by atoms with Crippen LogP contribution < -0.4 is 11.1 Å². The van der Waals surface area contributed by atoms with Gasteiger partial charge < -0.3 is 20.9 Å². The first kappa shape index (κ1) is 13.9. The number of nitrogens with one attached hydrogen (secondary N) is 1. The number of hydrogen-bond donors (Lipinski definition) is 3. The van der Waals surface area contributed by atoms with E-state index in [1.807, 2.05) is 13.8 Å². The smallest absolute Gasteiger partial charge is 0.0611 e. The van der Waals surface area contributed by atoms with Crippen LogP contribution in [0.2, 0.25) is 0 Å². The van der Waals surface area contributed by atoms with Crippen molar-refractivity contribution in [2.75, 3.05) is 19.8 Å². The Balaban J connectivity index is 2.39. The summed E-state index contributed by atoms with van der Waals surface area (Å²) < 4.78 is 5.56. The molecule has 0 radical (unpaired) electrons. The summed E-state index contributed by atoms with van der Waals surface area (Å²) in [6.07, 6.45) is 2.33. The molecule has 16 heavy (non-hydrogen) atoms. The van der Waals surface area contributed by atoms with Gasteiger partial charge in [0.15, 0.2) is 0 Å². The van der Waals surface area contributed by atoms with Gasteiger partial charge in [0, 0.05) is 31.3 Å². The topological polar surface area (TPSA) is 67.5 Å². The van der Waals surface area contributed by atoms with Crippen molar-refractivity contribution in [2.45, 2.75) is 51.3 Å². The molecule has 0 saturated heterocycles. The van der Waals surface area contributed by atoms with E-state index >= 15 is 0 Å². The monoisotopic (exact) mass is 230 g/mol. The maximum atomic E-state index is 9.11. The minimum atomic E-state index is 0.0304. The fourth-order valence-electron chi connectivity index (χ4n) is 2.29. The van der Waals surface area contributed by atoms with E-state index in [2.05, 4.69) is 12.2 Å². The third-order valence-corrected chi connectivity index (χ3v) is 3.71. The molecule has 0 amide bonds. The Kier molecular flexibility index (Phi) is 5.18. The van der Waals surface area contributed by atoms with Crippen molar-refractivity contribution < 1.29 is 9.84 Å². The molecule has 0 bridgehead atoms. The zero-order valence-corrected chi connectivity index (χ0v) is 10.7. The van der Waals surface area contributed by atoms with Crippen molar-refractivity contribution in [3.05, 3.63) is 0 Å². The van der Waals surface area contributed by atoms with Gasteiger partial charge in [0.1, 0.15) is 0 Å². The van der Waals surface area contributed by atoms with Crippen LogP contribution in [0.3, 0.4) is 0 Å². The summed E-state index contributed by atoms with van der Waals surface area (Å²) in [4.78, 5) is 0. The Morgan fingerprint density at radius 1 is 1.50 bits per heavy atom. The molecule has 1 aliphatic carbocycles. The number of aliphatic hydroxyl groups is 1. The second kappa shape index (κ2) is 5.96. The first-order valence-corrected chi connectivity index (χ1v) is 6.27. The lowest BCUT2D eigenvalue weighted by Gasteiger charge is -2.49. The zero-order chi connectivity index (χ0) is 12.2. The standard InChI is InChI=1S/C12H26N2O2/c1-4-16-11-5-12(6-11,8-13)14-10(3)9(2)7-15/h9-11,14-15H,4-8,13H2,1-3H3. The summed E-state index contributed by atoms with van der Waals surface area (Å²) in [6, 6.07) is 0.288. The summed E-state index contributed by atoms with van der Waals surface area (Å²) >= 11 is 0. The van der Waals surface area contributed by atoms with Crippen LogP contribution >= 0.6 is 0 Å². The summed E-state index contributed by atoms with van der Waals surface area (Å²) in [7, 11) is 0. The second-order valence-electron chi connectivity index (χ2n) is 5.06. The molecule has 0 aliphatic heterocycles. The lowest BCUT2D eigenvalue weighted by atomic mass is 9.73. The van der Waals surface area contributed by atoms with Crippen LogP contribution in [0.1, 0.15) is 33.6 Å². The van der Waals surface area contributed by atoms with Gasteiger partial charge in [-0.1, -0.05) is 6.92 Å². The highest BCUT2D eigenvalue weighted by Gasteiger charge is 2.44. The molecule has 2 atom stereocenters. The molecule has 1 aliphatic rings. The van der Waals surface area contributed by atoms with Crippen LogP contribution in [-0.2, 0) is 4.74 Å². The van der Waals surface area contributed by atoms with Gasteiger partial charge in [-0.05, 0) is 32.6 Å². The maximum absolute atomic E-state index is 9.11. The highest BCUT2D eigenvalue weighted by atomic mass is 16.5. The van der Waals surface area contributed by atoms with Gasteiger partial charge in [0.2, 0.25) is 0 Å². The van der Waals surface area contributed by atoms with Crippen LogP contribution in [-0.4, -0.2) is 42.5 Å². The summed E-state index contributed by atoms with van der Waals surface area (Å²) in [5.74, 6) is 0.259. The minimum Gasteiger partial charge on any atom is -0.396 e. The molecule has 4 N–H and O–H groups in total. The van der Waals surface area contributed by atoms with Gasteiger partial charge in [-0.25, -0.2) is 0 Å². The molecule has 1 rings (SSSR count). The molecule has 0 aromatic rings. The van der Waals surface area contributed by atoms with E-state index in [1.165, 1.54) is 0 Å². The molecule has 4 heteroatoms. The molecule has 0 heterocycles. The molecule has 0 aromatic heterocycles. The minimum absolute atomic E-state index is 0.0304. The van der Waals surface area contributed by atoms with Gasteiger partial charge in [0.05, 0.1) is 6.10 Å². The van der Waals surface area contributed by atoms with Crippen molar-refractivity contribution in [1.29, 1.82) is 0 Å². The molecule has 2 unspecified atom stereocenters. The Morgan fingerprint density at radius 3 is 2.56 bits per heavy atom. The highest BCUT2D eigenvalue weighted by Crippen LogP contribution is 2.34. The van der Waals surface area contributed by atoms with E-state index in [0.717, 1.165) is 19.4 Å². The maximum Gasteiger partial charge on any atom is 0.0611 e. The Bertz CT molecular complexity index is 205. The Morgan fingerprint density at radius 2 is 2.12 bits per heavy atom. The quantitative estimate of drug-likeness (QED) is 0.595. The number of ether oxygens (including phenoxy) is 1. The van der Waals surface area contributed by atoms with Crippen LogP contribution in [0.15, 0.2) is 0 Å². The Labute approximate surface area is 98.5 Å². The van der Waals surface area contributed by atoms with Crippen LogP contribution in [0, 0.1) is 5.92 Å². The average molecular weight is 230 g/mol. The van der Waals surface area contributed by atoms with Crippen molar-refractivity contribution >= 4 is 0 Å². The average Bonchev–Trinajstić information content (AvgIpc) is 2.24. The van der Waals surface area contributed by atoms with Crippen molar-refractivity contribution in [3.63, 3.8) is 0 Å². The number of hydrogen-bond acceptors (Lipinski definition) is 4. The normalized spacial score (nSPS) is 33.2. The summed E-state index contributed by atoms with van der Waals surface area (Å²) in [5.41, 5.74) is 5.87. The van der Waals surface area contributed by atoms with E-state index < -0.39 is 0 Å². The predicted octanol–water partition coefficient (Wildman–Crippen LogP) is 0.489. The van der Waals surface area contributed by atoms with Crippen LogP contribution in [0.25, 0.3) is 0 Å². The first-order valence-electron chi connectivity index (χ1n) is 6.27. The SMILES string of the molecule is CCOC1CC(CN)(NC(C)C(C)CO)C1. The molecule has 96 valence electrons. The predicted molar refractivity (Wildman–Crippen MR) is 65.3 cm³/mol. The van der Waals surface area contributed by atoms with E-state index in [0.29, 0.717) is 12.6 Å². The van der Waals surface area contributed by atoms with Gasteiger partial charge in [-0.15, -0.1) is 0 Å². The van der Waals surface area contributed by atoms with E-state index in [4.69, 9.17) is 15.6 Å². The van der Waals surface area contributed by atoms with Crippen molar-refractivity contribution in [3.8, 4) is 0 Å². The molecular weight excluding hydrogens is 204 g/mol. The van der Waals surface area contributed by atoms with E-state index in [1.54, 1.807) is 0 Å². The third kappa shape index (κ3) is 3.17. The molecular formula is C12H26N2O2. The van der Waals surface area contributed by atoms with Crippen LogP contribution in [0.5, 0.6) is 0 Å². The second-order valence-corrected chi connectivity index (χ2v) is 5.06. The lowest BCUT2D eigenvalue weighted by Crippen LogP contribution is -2.65. The highest BCUT2D eigenvalue weighted by molar-refractivity contribution is 5.04. The molecule has 1 saturated carbocycles. The Hall–Kier alpha value is -0.160. The summed E-state index contributed by atoms with van der Waals surface area (Å²) in [6.45, 7) is 7.79.